The molecule has 4 aliphatic carbocycles. The van der Waals surface area contributed by atoms with Gasteiger partial charge in [-0.05, 0) is 124 Å². The van der Waals surface area contributed by atoms with Crippen molar-refractivity contribution in [1.82, 2.24) is 0 Å². The van der Waals surface area contributed by atoms with Gasteiger partial charge in [-0.15, -0.1) is 0 Å². The molecule has 0 bridgehead atoms. The predicted molar refractivity (Wildman–Crippen MR) is 138 cm³/mol. The van der Waals surface area contributed by atoms with Gasteiger partial charge >= 0.3 is 0 Å². The highest BCUT2D eigenvalue weighted by atomic mass is 16.5. The fourth-order valence-corrected chi connectivity index (χ4v) is 11.5. The van der Waals surface area contributed by atoms with Crippen LogP contribution in [-0.4, -0.2) is 33.6 Å². The first kappa shape index (κ1) is 25.3. The molecular formula is C31H52O3. The average molecular weight is 473 g/mol. The summed E-state index contributed by atoms with van der Waals surface area (Å²) >= 11 is 0. The van der Waals surface area contributed by atoms with Crippen LogP contribution in [0.2, 0.25) is 0 Å². The fraction of sp³-hybridized carbons (Fsp3) is 0.935. The molecule has 5 aliphatic rings. The molecule has 0 aromatic rings. The van der Waals surface area contributed by atoms with Gasteiger partial charge in [0.15, 0.2) is 0 Å². The third-order valence-electron chi connectivity index (χ3n) is 12.9. The van der Waals surface area contributed by atoms with Crippen LogP contribution >= 0.6 is 0 Å². The maximum atomic E-state index is 12.0. The molecule has 194 valence electrons. The van der Waals surface area contributed by atoms with Crippen LogP contribution in [-0.2, 0) is 4.74 Å². The van der Waals surface area contributed by atoms with Gasteiger partial charge in [0.05, 0.1) is 23.4 Å². The summed E-state index contributed by atoms with van der Waals surface area (Å²) in [6.07, 6.45) is 9.05. The maximum absolute atomic E-state index is 12.0. The largest absolute Gasteiger partial charge is 0.393 e. The van der Waals surface area contributed by atoms with E-state index in [0.29, 0.717) is 17.8 Å². The second-order valence-electron chi connectivity index (χ2n) is 15.5. The fourth-order valence-electron chi connectivity index (χ4n) is 11.5. The molecule has 3 heteroatoms. The summed E-state index contributed by atoms with van der Waals surface area (Å²) < 4.78 is 6.87. The van der Waals surface area contributed by atoms with Gasteiger partial charge < -0.3 is 14.9 Å². The Bertz CT molecular complexity index is 861. The van der Waals surface area contributed by atoms with E-state index in [1.807, 2.05) is 0 Å². The normalized spacial score (nSPS) is 56.4. The van der Waals surface area contributed by atoms with Gasteiger partial charge in [-0.1, -0.05) is 46.8 Å². The number of allylic oxidation sites excluding steroid dienone is 1. The molecule has 34 heavy (non-hydrogen) atoms. The number of rotatable bonds is 1. The van der Waals surface area contributed by atoms with Crippen LogP contribution in [0.5, 0.6) is 0 Å². The number of hydrogen-bond donors (Lipinski definition) is 2. The second kappa shape index (κ2) is 7.35. The van der Waals surface area contributed by atoms with Crippen molar-refractivity contribution < 1.29 is 14.9 Å². The van der Waals surface area contributed by atoms with Gasteiger partial charge in [0.25, 0.3) is 0 Å². The predicted octanol–water partition coefficient (Wildman–Crippen LogP) is 6.91. The SMILES string of the molecule is C=C1C[C@]2(C)C(C[C@@H](O)C3[C@@H]([C@@]4(C)CCCC(C)(C)O4)CC[C@]32C)[C@@]2(C)CC[C@H](O)C(C)(C)C12. The Morgan fingerprint density at radius 1 is 0.853 bits per heavy atom. The maximum Gasteiger partial charge on any atom is 0.0693 e. The standard InChI is InChI=1S/C31H52O3/c1-19-18-30(8)22(28(6)15-12-23(33)27(4,5)25(19)28)17-21(32)24-20(11-16-29(24,30)7)31(9)14-10-13-26(2,3)34-31/h20-25,32-33H,1,10-18H2,2-9H3/t20-,21+,22?,23-,24?,25?,28+,29+,30+,31+/m0/s1. The second-order valence-corrected chi connectivity index (χ2v) is 15.5. The summed E-state index contributed by atoms with van der Waals surface area (Å²) in [6.45, 7) is 23.6. The van der Waals surface area contributed by atoms with E-state index in [1.54, 1.807) is 0 Å². The highest BCUT2D eigenvalue weighted by Crippen LogP contribution is 2.76. The lowest BCUT2D eigenvalue weighted by molar-refractivity contribution is -0.246. The Labute approximate surface area is 209 Å². The molecular weight excluding hydrogens is 420 g/mol. The lowest BCUT2D eigenvalue weighted by Gasteiger charge is -2.71. The molecule has 5 fully saturated rings. The number of fused-ring (bicyclic) bond motifs is 5. The van der Waals surface area contributed by atoms with E-state index in [4.69, 9.17) is 11.3 Å². The molecule has 1 heterocycles. The minimum Gasteiger partial charge on any atom is -0.393 e. The van der Waals surface area contributed by atoms with Crippen LogP contribution in [0.25, 0.3) is 0 Å². The summed E-state index contributed by atoms with van der Waals surface area (Å²) in [7, 11) is 0. The lowest BCUT2D eigenvalue weighted by atomic mass is 9.34. The summed E-state index contributed by atoms with van der Waals surface area (Å²) in [4.78, 5) is 0. The van der Waals surface area contributed by atoms with Crippen molar-refractivity contribution in [3.8, 4) is 0 Å². The third kappa shape index (κ3) is 3.11. The third-order valence-corrected chi connectivity index (χ3v) is 12.9. The summed E-state index contributed by atoms with van der Waals surface area (Å²) in [5.74, 6) is 1.45. The monoisotopic (exact) mass is 472 g/mol. The summed E-state index contributed by atoms with van der Waals surface area (Å²) in [6, 6.07) is 0. The molecule has 5 rings (SSSR count). The highest BCUT2D eigenvalue weighted by molar-refractivity contribution is 5.28. The van der Waals surface area contributed by atoms with E-state index in [-0.39, 0.29) is 51.0 Å². The van der Waals surface area contributed by atoms with Crippen LogP contribution in [0.4, 0.5) is 0 Å². The molecule has 0 aromatic heterocycles. The Balaban J connectivity index is 1.55. The van der Waals surface area contributed by atoms with Crippen LogP contribution in [0.3, 0.4) is 0 Å². The quantitative estimate of drug-likeness (QED) is 0.408. The summed E-state index contributed by atoms with van der Waals surface area (Å²) in [5.41, 5.74) is 1.23. The van der Waals surface area contributed by atoms with Gasteiger partial charge in [-0.2, -0.15) is 0 Å². The van der Waals surface area contributed by atoms with Crippen LogP contribution in [0, 0.1) is 45.3 Å². The Morgan fingerprint density at radius 3 is 2.18 bits per heavy atom. The molecule has 3 nitrogen and oxygen atoms in total. The van der Waals surface area contributed by atoms with E-state index in [2.05, 4.69) is 55.4 Å². The molecule has 0 radical (unpaired) electrons. The van der Waals surface area contributed by atoms with Gasteiger partial charge in [0.1, 0.15) is 0 Å². The molecule has 0 spiro atoms. The molecule has 1 aliphatic heterocycles. The van der Waals surface area contributed by atoms with Crippen molar-refractivity contribution in [1.29, 1.82) is 0 Å². The Morgan fingerprint density at radius 2 is 1.53 bits per heavy atom. The van der Waals surface area contributed by atoms with Crippen molar-refractivity contribution in [3.05, 3.63) is 12.2 Å². The zero-order valence-corrected chi connectivity index (χ0v) is 23.3. The first-order chi connectivity index (χ1) is 15.5. The Kier molecular flexibility index (Phi) is 5.46. The van der Waals surface area contributed by atoms with Gasteiger partial charge in [-0.3, -0.25) is 0 Å². The minimum absolute atomic E-state index is 0.0745. The smallest absolute Gasteiger partial charge is 0.0693 e. The lowest BCUT2D eigenvalue weighted by Crippen LogP contribution is -2.67. The van der Waals surface area contributed by atoms with Crippen LogP contribution in [0.1, 0.15) is 113 Å². The molecule has 10 atom stereocenters. The van der Waals surface area contributed by atoms with Gasteiger partial charge in [0.2, 0.25) is 0 Å². The molecule has 3 unspecified atom stereocenters. The van der Waals surface area contributed by atoms with E-state index in [9.17, 15) is 10.2 Å². The molecule has 4 saturated carbocycles. The van der Waals surface area contributed by atoms with Crippen molar-refractivity contribution in [3.63, 3.8) is 0 Å². The average Bonchev–Trinajstić information content (AvgIpc) is 3.07. The first-order valence-corrected chi connectivity index (χ1v) is 14.3. The van der Waals surface area contributed by atoms with Crippen molar-refractivity contribution >= 4 is 0 Å². The van der Waals surface area contributed by atoms with E-state index >= 15 is 0 Å². The van der Waals surface area contributed by atoms with Crippen LogP contribution < -0.4 is 0 Å². The van der Waals surface area contributed by atoms with Gasteiger partial charge in [-0.25, -0.2) is 0 Å². The zero-order valence-electron chi connectivity index (χ0n) is 23.3. The van der Waals surface area contributed by atoms with Gasteiger partial charge in [0, 0.05) is 0 Å². The molecule has 0 aromatic carbocycles. The van der Waals surface area contributed by atoms with E-state index in [0.717, 1.165) is 44.9 Å². The number of aliphatic hydroxyl groups is 2. The molecule has 2 N–H and O–H groups in total. The van der Waals surface area contributed by atoms with Crippen molar-refractivity contribution in [2.75, 3.05) is 0 Å². The minimum atomic E-state index is -0.278. The number of hydrogen-bond acceptors (Lipinski definition) is 3. The summed E-state index contributed by atoms with van der Waals surface area (Å²) in [5, 5.41) is 22.9. The van der Waals surface area contributed by atoms with Crippen molar-refractivity contribution in [2.24, 2.45) is 45.3 Å². The zero-order chi connectivity index (χ0) is 25.1. The molecule has 1 saturated heterocycles. The van der Waals surface area contributed by atoms with E-state index < -0.39 is 0 Å². The van der Waals surface area contributed by atoms with E-state index in [1.165, 1.54) is 18.4 Å². The topological polar surface area (TPSA) is 49.7 Å². The first-order valence-electron chi connectivity index (χ1n) is 14.3. The number of aliphatic hydroxyl groups excluding tert-OH is 2. The molecule has 0 amide bonds. The van der Waals surface area contributed by atoms with Crippen LogP contribution in [0.15, 0.2) is 12.2 Å². The van der Waals surface area contributed by atoms with Crippen molar-refractivity contribution in [2.45, 2.75) is 137 Å². The highest BCUT2D eigenvalue weighted by Gasteiger charge is 2.72. The number of ether oxygens (including phenoxy) is 1. The Hall–Kier alpha value is -0.380.